The van der Waals surface area contributed by atoms with Crippen molar-refractivity contribution in [3.63, 3.8) is 0 Å². The van der Waals surface area contributed by atoms with E-state index >= 15 is 0 Å². The summed E-state index contributed by atoms with van der Waals surface area (Å²) in [6.07, 6.45) is 5.73. The first-order chi connectivity index (χ1) is 6.88. The van der Waals surface area contributed by atoms with Crippen molar-refractivity contribution in [1.29, 1.82) is 0 Å². The zero-order chi connectivity index (χ0) is 10.2. The van der Waals surface area contributed by atoms with Gasteiger partial charge in [0, 0.05) is 18.9 Å². The van der Waals surface area contributed by atoms with Crippen molar-refractivity contribution < 1.29 is 0 Å². The van der Waals surface area contributed by atoms with E-state index in [-0.39, 0.29) is 0 Å². The molecule has 0 saturated carbocycles. The minimum atomic E-state index is 0.745. The van der Waals surface area contributed by atoms with Gasteiger partial charge in [-0.3, -0.25) is 0 Å². The molecule has 0 aliphatic carbocycles. The Morgan fingerprint density at radius 2 is 2.36 bits per heavy atom. The molecule has 1 rings (SSSR count). The highest BCUT2D eigenvalue weighted by molar-refractivity contribution is 5.09. The molecule has 1 heterocycles. The second-order valence-electron chi connectivity index (χ2n) is 3.10. The quantitative estimate of drug-likeness (QED) is 0.721. The first kappa shape index (κ1) is 10.8. The summed E-state index contributed by atoms with van der Waals surface area (Å²) in [4.78, 5) is 4.27. The minimum absolute atomic E-state index is 0.745. The third-order valence-corrected chi connectivity index (χ3v) is 1.90. The van der Waals surface area contributed by atoms with Crippen LogP contribution in [-0.2, 0) is 13.0 Å². The highest BCUT2D eigenvalue weighted by Gasteiger charge is 1.98. The van der Waals surface area contributed by atoms with Crippen molar-refractivity contribution >= 4 is 0 Å². The second kappa shape index (κ2) is 6.22. The smallest absolute Gasteiger partial charge is 0.120 e. The maximum absolute atomic E-state index is 4.27. The fourth-order valence-corrected chi connectivity index (χ4v) is 1.24. The van der Waals surface area contributed by atoms with Gasteiger partial charge in [0.05, 0.1) is 13.0 Å². The average molecular weight is 191 g/mol. The van der Waals surface area contributed by atoms with E-state index in [0.717, 1.165) is 31.8 Å². The number of nitrogens with zero attached hydrogens (tertiary/aromatic N) is 2. The van der Waals surface area contributed by atoms with E-state index < -0.39 is 0 Å². The van der Waals surface area contributed by atoms with Gasteiger partial charge in [-0.25, -0.2) is 4.98 Å². The molecule has 0 aliphatic rings. The van der Waals surface area contributed by atoms with Crippen LogP contribution in [0.15, 0.2) is 12.4 Å². The normalized spacial score (nSPS) is 9.57. The standard InChI is InChI=1S/C11H17N3/c1-3-9-14-10-8-13-11(14)6-4-5-7-12-2/h8,10,12H,3,6-7,9H2,1-2H3. The average Bonchev–Trinajstić information content (AvgIpc) is 2.61. The Morgan fingerprint density at radius 1 is 1.50 bits per heavy atom. The molecule has 0 amide bonds. The van der Waals surface area contributed by atoms with Gasteiger partial charge in [0.25, 0.3) is 0 Å². The lowest BCUT2D eigenvalue weighted by Crippen LogP contribution is -2.05. The molecule has 3 heteroatoms. The summed E-state index contributed by atoms with van der Waals surface area (Å²) in [5.74, 6) is 7.19. The molecule has 14 heavy (non-hydrogen) atoms. The molecule has 0 bridgehead atoms. The monoisotopic (exact) mass is 191 g/mol. The molecule has 0 spiro atoms. The Kier molecular flexibility index (Phi) is 4.81. The molecule has 1 N–H and O–H groups in total. The van der Waals surface area contributed by atoms with Crippen molar-refractivity contribution in [3.05, 3.63) is 18.2 Å². The van der Waals surface area contributed by atoms with Crippen LogP contribution >= 0.6 is 0 Å². The van der Waals surface area contributed by atoms with E-state index in [1.165, 1.54) is 0 Å². The van der Waals surface area contributed by atoms with Crippen molar-refractivity contribution in [3.8, 4) is 11.8 Å². The summed E-state index contributed by atoms with van der Waals surface area (Å²) >= 11 is 0. The maximum Gasteiger partial charge on any atom is 0.120 e. The van der Waals surface area contributed by atoms with Gasteiger partial charge < -0.3 is 9.88 Å². The Labute approximate surface area is 85.5 Å². The van der Waals surface area contributed by atoms with Gasteiger partial charge >= 0.3 is 0 Å². The molecular weight excluding hydrogens is 174 g/mol. The maximum atomic E-state index is 4.27. The summed E-state index contributed by atoms with van der Waals surface area (Å²) in [6, 6.07) is 0. The Bertz CT molecular complexity index is 317. The molecule has 3 nitrogen and oxygen atoms in total. The fourth-order valence-electron chi connectivity index (χ4n) is 1.24. The third-order valence-electron chi connectivity index (χ3n) is 1.90. The van der Waals surface area contributed by atoms with Crippen LogP contribution in [0, 0.1) is 11.8 Å². The van der Waals surface area contributed by atoms with Gasteiger partial charge in [-0.15, -0.1) is 0 Å². The number of imidazole rings is 1. The van der Waals surface area contributed by atoms with Crippen molar-refractivity contribution in [2.24, 2.45) is 0 Å². The molecule has 0 aromatic carbocycles. The number of rotatable bonds is 4. The molecule has 0 unspecified atom stereocenters. The summed E-state index contributed by atoms with van der Waals surface area (Å²) < 4.78 is 2.16. The highest BCUT2D eigenvalue weighted by atomic mass is 15.1. The van der Waals surface area contributed by atoms with E-state index in [0.29, 0.717) is 0 Å². The molecule has 0 atom stereocenters. The van der Waals surface area contributed by atoms with Gasteiger partial charge in [-0.05, 0) is 13.5 Å². The number of aromatic nitrogens is 2. The van der Waals surface area contributed by atoms with Crippen LogP contribution in [0.2, 0.25) is 0 Å². The van der Waals surface area contributed by atoms with Gasteiger partial charge in [0.15, 0.2) is 0 Å². The zero-order valence-electron chi connectivity index (χ0n) is 8.88. The van der Waals surface area contributed by atoms with Crippen molar-refractivity contribution in [1.82, 2.24) is 14.9 Å². The zero-order valence-corrected chi connectivity index (χ0v) is 8.88. The molecule has 1 aromatic rings. The largest absolute Gasteiger partial charge is 0.334 e. The van der Waals surface area contributed by atoms with E-state index in [1.807, 2.05) is 19.4 Å². The summed E-state index contributed by atoms with van der Waals surface area (Å²) in [5.41, 5.74) is 0. The number of hydrogen-bond acceptors (Lipinski definition) is 2. The predicted molar refractivity (Wildman–Crippen MR) is 57.9 cm³/mol. The Balaban J connectivity index is 2.50. The Hall–Kier alpha value is -1.27. The summed E-state index contributed by atoms with van der Waals surface area (Å²) in [6.45, 7) is 3.94. The molecule has 0 fully saturated rings. The second-order valence-corrected chi connectivity index (χ2v) is 3.10. The molecular formula is C11H17N3. The van der Waals surface area contributed by atoms with Crippen LogP contribution in [0.3, 0.4) is 0 Å². The van der Waals surface area contributed by atoms with Gasteiger partial charge in [-0.2, -0.15) is 0 Å². The molecule has 0 saturated heterocycles. The number of nitrogens with one attached hydrogen (secondary N) is 1. The summed E-state index contributed by atoms with van der Waals surface area (Å²) in [5, 5.41) is 2.99. The molecule has 0 aliphatic heterocycles. The lowest BCUT2D eigenvalue weighted by atomic mass is 10.3. The minimum Gasteiger partial charge on any atom is -0.334 e. The van der Waals surface area contributed by atoms with E-state index in [4.69, 9.17) is 0 Å². The van der Waals surface area contributed by atoms with Crippen LogP contribution in [-0.4, -0.2) is 23.1 Å². The topological polar surface area (TPSA) is 29.9 Å². The van der Waals surface area contributed by atoms with Crippen molar-refractivity contribution in [2.75, 3.05) is 13.6 Å². The first-order valence-electron chi connectivity index (χ1n) is 4.98. The van der Waals surface area contributed by atoms with Crippen molar-refractivity contribution in [2.45, 2.75) is 26.3 Å². The first-order valence-corrected chi connectivity index (χ1v) is 4.98. The number of aryl methyl sites for hydroxylation is 1. The van der Waals surface area contributed by atoms with E-state index in [2.05, 4.69) is 33.6 Å². The third kappa shape index (κ3) is 3.23. The fraction of sp³-hybridized carbons (Fsp3) is 0.545. The van der Waals surface area contributed by atoms with E-state index in [9.17, 15) is 0 Å². The predicted octanol–water partition coefficient (Wildman–Crippen LogP) is 1.06. The van der Waals surface area contributed by atoms with Crippen LogP contribution in [0.1, 0.15) is 19.2 Å². The Morgan fingerprint density at radius 3 is 3.07 bits per heavy atom. The molecule has 0 radical (unpaired) electrons. The number of hydrogen-bond donors (Lipinski definition) is 1. The lowest BCUT2D eigenvalue weighted by Gasteiger charge is -2.02. The van der Waals surface area contributed by atoms with Gasteiger partial charge in [0.2, 0.25) is 0 Å². The SMILES string of the molecule is CCCn1ccnc1CC#CCNC. The van der Waals surface area contributed by atoms with Crippen LogP contribution in [0.25, 0.3) is 0 Å². The highest BCUT2D eigenvalue weighted by Crippen LogP contribution is 1.99. The lowest BCUT2D eigenvalue weighted by molar-refractivity contribution is 0.650. The van der Waals surface area contributed by atoms with Crippen LogP contribution in [0.4, 0.5) is 0 Å². The van der Waals surface area contributed by atoms with Gasteiger partial charge in [0.1, 0.15) is 5.82 Å². The van der Waals surface area contributed by atoms with E-state index in [1.54, 1.807) is 0 Å². The van der Waals surface area contributed by atoms with Crippen LogP contribution < -0.4 is 5.32 Å². The summed E-state index contributed by atoms with van der Waals surface area (Å²) in [7, 11) is 1.90. The van der Waals surface area contributed by atoms with Crippen LogP contribution in [0.5, 0.6) is 0 Å². The molecule has 76 valence electrons. The molecule has 1 aromatic heterocycles. The van der Waals surface area contributed by atoms with Gasteiger partial charge in [-0.1, -0.05) is 18.8 Å².